The highest BCUT2D eigenvalue weighted by molar-refractivity contribution is 6.01. The number of anilines is 1. The summed E-state index contributed by atoms with van der Waals surface area (Å²) in [5.41, 5.74) is 1.94. The maximum atomic E-state index is 13.4. The van der Waals surface area contributed by atoms with Crippen LogP contribution in [0.5, 0.6) is 5.75 Å². The molecule has 188 valence electrons. The van der Waals surface area contributed by atoms with Gasteiger partial charge < -0.3 is 30.0 Å². The number of carbonyl (C=O) groups is 2. The molecule has 0 saturated carbocycles. The Morgan fingerprint density at radius 3 is 2.37 bits per heavy atom. The summed E-state index contributed by atoms with van der Waals surface area (Å²) in [4.78, 5) is 28.9. The third-order valence-electron chi connectivity index (χ3n) is 5.67. The first-order valence-corrected chi connectivity index (χ1v) is 11.6. The molecule has 2 heterocycles. The number of amides is 1. The lowest BCUT2D eigenvalue weighted by Gasteiger charge is -2.27. The Morgan fingerprint density at radius 1 is 1.17 bits per heavy atom. The molecule has 2 aromatic heterocycles. The fourth-order valence-electron chi connectivity index (χ4n) is 4.20. The number of aromatic carboxylic acids is 1. The molecular weight excluding hydrogens is 448 g/mol. The minimum atomic E-state index is -1.06. The maximum Gasteiger partial charge on any atom is 0.352 e. The van der Waals surface area contributed by atoms with Crippen molar-refractivity contribution >= 4 is 17.6 Å². The fraction of sp³-hybridized carbons (Fsp3) is 0.440. The highest BCUT2D eigenvalue weighted by atomic mass is 16.5. The van der Waals surface area contributed by atoms with Crippen LogP contribution in [-0.4, -0.2) is 50.4 Å². The molecule has 4 N–H and O–H groups in total. The van der Waals surface area contributed by atoms with Crippen LogP contribution in [0.2, 0.25) is 0 Å². The zero-order chi connectivity index (χ0) is 25.8. The van der Waals surface area contributed by atoms with Gasteiger partial charge in [-0.05, 0) is 63.9 Å². The second kappa shape index (κ2) is 10.6. The second-order valence-corrected chi connectivity index (χ2v) is 9.26. The summed E-state index contributed by atoms with van der Waals surface area (Å²) >= 11 is 0. The predicted molar refractivity (Wildman–Crippen MR) is 133 cm³/mol. The van der Waals surface area contributed by atoms with E-state index in [2.05, 4.69) is 25.8 Å². The van der Waals surface area contributed by atoms with Crippen molar-refractivity contribution in [3.05, 3.63) is 58.4 Å². The number of methoxy groups -OCH3 is 1. The number of rotatable bonds is 10. The highest BCUT2D eigenvalue weighted by Gasteiger charge is 2.33. The number of nitrogens with one attached hydrogen (secondary N) is 3. The second-order valence-electron chi connectivity index (χ2n) is 9.26. The molecule has 0 aliphatic rings. The lowest BCUT2D eigenvalue weighted by Crippen LogP contribution is -2.30. The van der Waals surface area contributed by atoms with Gasteiger partial charge in [-0.15, -0.1) is 10.2 Å². The molecule has 0 unspecified atom stereocenters. The Morgan fingerprint density at radius 2 is 1.86 bits per heavy atom. The zero-order valence-electron chi connectivity index (χ0n) is 21.2. The van der Waals surface area contributed by atoms with Crippen LogP contribution in [0.4, 0.5) is 5.69 Å². The van der Waals surface area contributed by atoms with Gasteiger partial charge in [-0.25, -0.2) is 4.79 Å². The molecule has 0 spiro atoms. The Hall–Kier alpha value is -3.82. The number of carboxylic acids is 1. The number of H-pyrrole nitrogens is 1. The summed E-state index contributed by atoms with van der Waals surface area (Å²) in [6.45, 7) is 10.1. The average Bonchev–Trinajstić information content (AvgIpc) is 3.38. The number of hydrogen-bond donors (Lipinski definition) is 4. The van der Waals surface area contributed by atoms with Crippen LogP contribution in [0.1, 0.15) is 71.4 Å². The van der Waals surface area contributed by atoms with Gasteiger partial charge >= 0.3 is 5.97 Å². The largest absolute Gasteiger partial charge is 0.497 e. The Balaban J connectivity index is 1.98. The van der Waals surface area contributed by atoms with E-state index in [-0.39, 0.29) is 18.1 Å². The van der Waals surface area contributed by atoms with Crippen LogP contribution in [0.15, 0.2) is 24.3 Å². The number of carbonyl (C=O) groups excluding carboxylic acids is 1. The monoisotopic (exact) mass is 482 g/mol. The van der Waals surface area contributed by atoms with Crippen LogP contribution >= 0.6 is 0 Å². The standard InChI is InChI=1S/C25H34N6O4/c1-7-18-21(23(32)26-13-12-20-28-15(2)29-30-20)19(31(25(3,4)5)22(18)24(33)34)14-27-16-8-10-17(35-6)11-9-16/h8-11,27H,7,12-14H2,1-6H3,(H,26,32)(H,33,34)(H,28,29,30). The quantitative estimate of drug-likeness (QED) is 0.347. The van der Waals surface area contributed by atoms with E-state index in [4.69, 9.17) is 4.74 Å². The number of nitrogens with zero attached hydrogens (tertiary/aromatic N) is 3. The van der Waals surface area contributed by atoms with E-state index < -0.39 is 11.5 Å². The van der Waals surface area contributed by atoms with Crippen molar-refractivity contribution in [3.8, 4) is 5.75 Å². The minimum Gasteiger partial charge on any atom is -0.497 e. The van der Waals surface area contributed by atoms with Gasteiger partial charge in [-0.2, -0.15) is 0 Å². The zero-order valence-corrected chi connectivity index (χ0v) is 21.2. The number of aromatic amines is 1. The van der Waals surface area contributed by atoms with Gasteiger partial charge in [0.2, 0.25) is 0 Å². The van der Waals surface area contributed by atoms with Crippen LogP contribution < -0.4 is 15.4 Å². The van der Waals surface area contributed by atoms with Crippen molar-refractivity contribution in [2.45, 2.75) is 59.5 Å². The molecule has 10 heteroatoms. The molecule has 0 fully saturated rings. The molecule has 0 radical (unpaired) electrons. The number of benzene rings is 1. The lowest BCUT2D eigenvalue weighted by atomic mass is 10.0. The molecule has 0 aliphatic carbocycles. The Labute approximate surface area is 205 Å². The van der Waals surface area contributed by atoms with Gasteiger partial charge in [0.15, 0.2) is 0 Å². The first-order chi connectivity index (χ1) is 16.6. The molecule has 3 aromatic rings. The van der Waals surface area contributed by atoms with Crippen LogP contribution in [-0.2, 0) is 24.9 Å². The molecule has 0 atom stereocenters. The number of aromatic nitrogens is 4. The summed E-state index contributed by atoms with van der Waals surface area (Å²) in [6, 6.07) is 7.43. The number of ether oxygens (including phenoxy) is 1. The summed E-state index contributed by atoms with van der Waals surface area (Å²) in [7, 11) is 1.60. The van der Waals surface area contributed by atoms with E-state index in [0.29, 0.717) is 47.9 Å². The van der Waals surface area contributed by atoms with E-state index in [1.54, 1.807) is 11.7 Å². The Kier molecular flexibility index (Phi) is 7.83. The summed E-state index contributed by atoms with van der Waals surface area (Å²) in [6.07, 6.45) is 0.892. The van der Waals surface area contributed by atoms with Gasteiger partial charge in [0.1, 0.15) is 23.1 Å². The lowest BCUT2D eigenvalue weighted by molar-refractivity contribution is 0.0676. The third-order valence-corrected chi connectivity index (χ3v) is 5.67. The summed E-state index contributed by atoms with van der Waals surface area (Å²) < 4.78 is 6.98. The van der Waals surface area contributed by atoms with Crippen molar-refractivity contribution < 1.29 is 19.4 Å². The molecule has 0 aliphatic heterocycles. The molecule has 0 bridgehead atoms. The molecule has 1 aromatic carbocycles. The van der Waals surface area contributed by atoms with Crippen LogP contribution in [0.25, 0.3) is 0 Å². The van der Waals surface area contributed by atoms with Crippen molar-refractivity contribution in [1.29, 1.82) is 0 Å². The highest BCUT2D eigenvalue weighted by Crippen LogP contribution is 2.31. The van der Waals surface area contributed by atoms with Crippen LogP contribution in [0.3, 0.4) is 0 Å². The first kappa shape index (κ1) is 25.8. The number of aryl methyl sites for hydroxylation is 1. The van der Waals surface area contributed by atoms with Crippen molar-refractivity contribution in [1.82, 2.24) is 25.1 Å². The van der Waals surface area contributed by atoms with Crippen LogP contribution in [0, 0.1) is 6.92 Å². The topological polar surface area (TPSA) is 134 Å². The normalized spacial score (nSPS) is 11.4. The SMILES string of the molecule is CCc1c(C(=O)NCCc2nnc(C)[nH]2)c(CNc2ccc(OC)cc2)n(C(C)(C)C)c1C(=O)O. The summed E-state index contributed by atoms with van der Waals surface area (Å²) in [5, 5.41) is 24.4. The van der Waals surface area contributed by atoms with Crippen molar-refractivity contribution in [2.75, 3.05) is 19.0 Å². The van der Waals surface area contributed by atoms with Gasteiger partial charge in [0.25, 0.3) is 5.91 Å². The average molecular weight is 483 g/mol. The molecular formula is C25H34N6O4. The Bertz CT molecular complexity index is 1190. The third kappa shape index (κ3) is 5.82. The molecule has 35 heavy (non-hydrogen) atoms. The van der Waals surface area contributed by atoms with Gasteiger partial charge in [0, 0.05) is 24.2 Å². The fourth-order valence-corrected chi connectivity index (χ4v) is 4.20. The first-order valence-electron chi connectivity index (χ1n) is 11.6. The molecule has 1 amide bonds. The van der Waals surface area contributed by atoms with E-state index in [1.165, 1.54) is 0 Å². The summed E-state index contributed by atoms with van der Waals surface area (Å²) in [5.74, 6) is 0.754. The molecule has 3 rings (SSSR count). The van der Waals surface area contributed by atoms with E-state index in [9.17, 15) is 14.7 Å². The molecule has 10 nitrogen and oxygen atoms in total. The van der Waals surface area contributed by atoms with E-state index >= 15 is 0 Å². The number of hydrogen-bond acceptors (Lipinski definition) is 6. The van der Waals surface area contributed by atoms with Crippen molar-refractivity contribution in [3.63, 3.8) is 0 Å². The van der Waals surface area contributed by atoms with E-state index in [1.807, 2.05) is 58.9 Å². The van der Waals surface area contributed by atoms with Crippen molar-refractivity contribution in [2.24, 2.45) is 0 Å². The van der Waals surface area contributed by atoms with Gasteiger partial charge in [-0.3, -0.25) is 4.79 Å². The smallest absolute Gasteiger partial charge is 0.352 e. The molecule has 0 saturated heterocycles. The van der Waals surface area contributed by atoms with Gasteiger partial charge in [0.05, 0.1) is 24.9 Å². The van der Waals surface area contributed by atoms with E-state index in [0.717, 1.165) is 11.4 Å². The predicted octanol–water partition coefficient (Wildman–Crippen LogP) is 3.52. The maximum absolute atomic E-state index is 13.4. The van der Waals surface area contributed by atoms with Gasteiger partial charge in [-0.1, -0.05) is 6.92 Å². The minimum absolute atomic E-state index is 0.141. The number of carboxylic acid groups (broad SMARTS) is 1.